The van der Waals surface area contributed by atoms with Crippen LogP contribution in [0.1, 0.15) is 0 Å². The molecule has 7 aromatic rings. The van der Waals surface area contributed by atoms with Gasteiger partial charge in [0.25, 0.3) is 0 Å². The number of hydrogen-bond donors (Lipinski definition) is 0. The van der Waals surface area contributed by atoms with Crippen molar-refractivity contribution in [2.75, 3.05) is 0 Å². The van der Waals surface area contributed by atoms with E-state index >= 15 is 0 Å². The lowest BCUT2D eigenvalue weighted by Crippen LogP contribution is -1.96. The largest absolute Gasteiger partial charge is 0.254 e. The molecule has 0 atom stereocenters. The Kier molecular flexibility index (Phi) is 6.40. The summed E-state index contributed by atoms with van der Waals surface area (Å²) < 4.78 is 0. The third-order valence-electron chi connectivity index (χ3n) is 6.74. The highest BCUT2D eigenvalue weighted by Gasteiger charge is 2.12. The minimum absolute atomic E-state index is 0. The molecule has 0 aliphatic heterocycles. The van der Waals surface area contributed by atoms with Gasteiger partial charge in [-0.1, -0.05) is 97.1 Å². The van der Waals surface area contributed by atoms with Crippen LogP contribution in [0.5, 0.6) is 0 Å². The van der Waals surface area contributed by atoms with Crippen LogP contribution in [0.2, 0.25) is 0 Å². The van der Waals surface area contributed by atoms with Gasteiger partial charge in [0.05, 0.1) is 22.4 Å². The second-order valence-corrected chi connectivity index (χ2v) is 9.21. The molecule has 0 amide bonds. The first-order valence-corrected chi connectivity index (χ1v) is 12.6. The lowest BCUT2D eigenvalue weighted by atomic mass is 10.00. The molecule has 0 unspecified atom stereocenters. The van der Waals surface area contributed by atoms with E-state index in [9.17, 15) is 0 Å². The van der Waals surface area contributed by atoms with Gasteiger partial charge in [-0.2, -0.15) is 0 Å². The van der Waals surface area contributed by atoms with Gasteiger partial charge in [-0.3, -0.25) is 9.97 Å². The zero-order chi connectivity index (χ0) is 25.3. The molecule has 0 aliphatic rings. The van der Waals surface area contributed by atoms with Crippen molar-refractivity contribution >= 4 is 30.2 Å². The molecule has 3 aromatic heterocycles. The van der Waals surface area contributed by atoms with E-state index in [0.29, 0.717) is 5.82 Å². The van der Waals surface area contributed by atoms with Crippen molar-refractivity contribution in [2.24, 2.45) is 0 Å². The quantitative estimate of drug-likeness (QED) is 0.184. The predicted octanol–water partition coefficient (Wildman–Crippen LogP) is 7.86. The topological polar surface area (TPSA) is 51.6 Å². The highest BCUT2D eigenvalue weighted by Crippen LogP contribution is 2.31. The van der Waals surface area contributed by atoms with E-state index in [0.717, 1.165) is 61.0 Å². The maximum Gasteiger partial charge on any atom is 0.160 e. The number of benzene rings is 4. The van der Waals surface area contributed by atoms with Crippen LogP contribution in [-0.2, 0) is 0 Å². The van der Waals surface area contributed by atoms with Gasteiger partial charge >= 0.3 is 0 Å². The van der Waals surface area contributed by atoms with Gasteiger partial charge in [0.15, 0.2) is 5.82 Å². The molecule has 0 aliphatic carbocycles. The third kappa shape index (κ3) is 4.67. The van der Waals surface area contributed by atoms with Crippen LogP contribution in [0.4, 0.5) is 0 Å². The zero-order valence-corrected chi connectivity index (χ0v) is 21.1. The summed E-state index contributed by atoms with van der Waals surface area (Å²) in [5.74, 6) is 0.708. The summed E-state index contributed by atoms with van der Waals surface area (Å²) in [6.07, 6.45) is 3.75. The number of aromatic nitrogens is 4. The third-order valence-corrected chi connectivity index (χ3v) is 6.74. The zero-order valence-electron chi connectivity index (χ0n) is 21.1. The van der Waals surface area contributed by atoms with Gasteiger partial charge in [0.1, 0.15) is 0 Å². The molecule has 0 fully saturated rings. The lowest BCUT2D eigenvalue weighted by Gasteiger charge is -2.11. The molecule has 0 saturated carbocycles. The van der Waals surface area contributed by atoms with Crippen LogP contribution >= 0.6 is 0 Å². The Morgan fingerprint density at radius 1 is 0.410 bits per heavy atom. The van der Waals surface area contributed by atoms with Gasteiger partial charge in [-0.05, 0) is 29.8 Å². The van der Waals surface area contributed by atoms with Gasteiger partial charge in [-0.25, -0.2) is 9.97 Å². The number of hydrogen-bond acceptors (Lipinski definition) is 4. The molecule has 0 bridgehead atoms. The summed E-state index contributed by atoms with van der Waals surface area (Å²) >= 11 is 0. The van der Waals surface area contributed by atoms with Gasteiger partial charge in [0, 0.05) is 53.8 Å². The highest BCUT2D eigenvalue weighted by molar-refractivity contribution is 6.03. The molecule has 39 heavy (non-hydrogen) atoms. The van der Waals surface area contributed by atoms with E-state index in [4.69, 9.17) is 15.0 Å². The summed E-state index contributed by atoms with van der Waals surface area (Å²) in [5.41, 5.74) is 8.82. The van der Waals surface area contributed by atoms with Crippen LogP contribution in [0.3, 0.4) is 0 Å². The molecule has 3 radical (unpaired) electrons. The molecular formula is C34H22BN4. The molecule has 0 spiro atoms. The predicted molar refractivity (Wildman–Crippen MR) is 160 cm³/mol. The molecule has 4 nitrogen and oxygen atoms in total. The number of fused-ring (bicyclic) bond motifs is 3. The maximum atomic E-state index is 4.98. The minimum Gasteiger partial charge on any atom is -0.254 e. The van der Waals surface area contributed by atoms with Gasteiger partial charge in [0.2, 0.25) is 0 Å². The monoisotopic (exact) mass is 497 g/mol. The maximum absolute atomic E-state index is 4.98. The molecular weight excluding hydrogens is 475 g/mol. The van der Waals surface area contributed by atoms with E-state index < -0.39 is 0 Å². The second kappa shape index (κ2) is 10.3. The highest BCUT2D eigenvalue weighted by atomic mass is 14.9. The van der Waals surface area contributed by atoms with Crippen LogP contribution in [0, 0.1) is 0 Å². The Morgan fingerprint density at radius 3 is 1.85 bits per heavy atom. The Labute approximate surface area is 228 Å². The lowest BCUT2D eigenvalue weighted by molar-refractivity contribution is 1.18. The fourth-order valence-electron chi connectivity index (χ4n) is 4.82. The summed E-state index contributed by atoms with van der Waals surface area (Å²) in [5, 5.41) is 2.16. The van der Waals surface area contributed by atoms with Crippen LogP contribution in [0.25, 0.3) is 66.8 Å². The Bertz CT molecular complexity index is 1860. The summed E-state index contributed by atoms with van der Waals surface area (Å²) in [6, 6.07) is 41.3. The first kappa shape index (κ1) is 24.2. The fraction of sp³-hybridized carbons (Fsp3) is 0. The van der Waals surface area contributed by atoms with Crippen molar-refractivity contribution in [1.29, 1.82) is 0 Å². The molecule has 0 saturated heterocycles. The molecule has 4 aromatic carbocycles. The smallest absolute Gasteiger partial charge is 0.160 e. The molecule has 7 rings (SSSR count). The van der Waals surface area contributed by atoms with Crippen molar-refractivity contribution in [3.8, 4) is 45.0 Å². The first-order valence-electron chi connectivity index (χ1n) is 12.6. The molecule has 5 heteroatoms. The fourth-order valence-corrected chi connectivity index (χ4v) is 4.82. The summed E-state index contributed by atoms with van der Waals surface area (Å²) in [6.45, 7) is 0. The summed E-state index contributed by atoms with van der Waals surface area (Å²) in [7, 11) is 0. The number of pyridine rings is 2. The van der Waals surface area contributed by atoms with E-state index in [2.05, 4.69) is 71.7 Å². The van der Waals surface area contributed by atoms with Crippen molar-refractivity contribution in [3.05, 3.63) is 134 Å². The second-order valence-electron chi connectivity index (χ2n) is 9.21. The molecule has 3 heterocycles. The van der Waals surface area contributed by atoms with Crippen LogP contribution in [-0.4, -0.2) is 28.3 Å². The normalized spacial score (nSPS) is 10.9. The van der Waals surface area contributed by atoms with E-state index in [-0.39, 0.29) is 8.41 Å². The van der Waals surface area contributed by atoms with Crippen molar-refractivity contribution in [3.63, 3.8) is 0 Å². The first-order chi connectivity index (χ1) is 18.8. The minimum atomic E-state index is 0. The summed E-state index contributed by atoms with van der Waals surface area (Å²) in [4.78, 5) is 19.3. The van der Waals surface area contributed by atoms with Crippen LogP contribution in [0.15, 0.2) is 134 Å². The number of nitrogens with zero attached hydrogens (tertiary/aromatic N) is 4. The average molecular weight is 497 g/mol. The van der Waals surface area contributed by atoms with Gasteiger partial charge < -0.3 is 0 Å². The standard InChI is InChI=1S/C34H22N4.B/c1-3-9-23(10-4-1)30-21-31(38-34(37-30)25-11-5-2-6-12-25)27-14-7-13-26(19-27)29-20-28-17-16-24-15-8-18-35-32(24)33(28)36-22-29;/h1-22H;. The SMILES string of the molecule is [B].c1ccc(-c2cc(-c3cccc(-c4cnc5c(ccc6cccnc65)c4)c3)nc(-c3ccccc3)n2)cc1. The molecule has 181 valence electrons. The molecule has 0 N–H and O–H groups in total. The Balaban J connectivity index is 0.00000277. The Morgan fingerprint density at radius 2 is 1.05 bits per heavy atom. The number of rotatable bonds is 4. The van der Waals surface area contributed by atoms with Crippen LogP contribution < -0.4 is 0 Å². The van der Waals surface area contributed by atoms with Crippen molar-refractivity contribution in [1.82, 2.24) is 19.9 Å². The van der Waals surface area contributed by atoms with E-state index in [1.54, 1.807) is 0 Å². The van der Waals surface area contributed by atoms with Crippen molar-refractivity contribution < 1.29 is 0 Å². The Hall–Kier alpha value is -5.16. The average Bonchev–Trinajstić information content (AvgIpc) is 3.01. The van der Waals surface area contributed by atoms with Gasteiger partial charge in [-0.15, -0.1) is 0 Å². The van der Waals surface area contributed by atoms with Crippen molar-refractivity contribution in [2.45, 2.75) is 0 Å². The van der Waals surface area contributed by atoms with E-state index in [1.807, 2.05) is 67.0 Å². The van der Waals surface area contributed by atoms with E-state index in [1.165, 1.54) is 0 Å².